The van der Waals surface area contributed by atoms with Crippen molar-refractivity contribution in [1.82, 2.24) is 19.7 Å². The number of rotatable bonds is 5. The molecule has 0 aliphatic carbocycles. The molecule has 0 radical (unpaired) electrons. The first-order valence-electron chi connectivity index (χ1n) is 8.82. The summed E-state index contributed by atoms with van der Waals surface area (Å²) in [6, 6.07) is 6.26. The third-order valence-electron chi connectivity index (χ3n) is 4.84. The second-order valence-corrected chi connectivity index (χ2v) is 8.34. The topological polar surface area (TPSA) is 110 Å². The number of carbonyl (C=O) groups excluding carboxylic acids is 1. The number of urea groups is 1. The number of aromatic nitrogens is 3. The van der Waals surface area contributed by atoms with Crippen LogP contribution in [0.1, 0.15) is 0 Å². The molecule has 0 saturated carbocycles. The van der Waals surface area contributed by atoms with Gasteiger partial charge < -0.3 is 9.64 Å². The third-order valence-corrected chi connectivity index (χ3v) is 6.18. The van der Waals surface area contributed by atoms with Gasteiger partial charge in [-0.25, -0.2) is 18.2 Å². The Morgan fingerprint density at radius 1 is 1.10 bits per heavy atom. The molecule has 3 aromatic rings. The molecule has 10 nitrogen and oxygen atoms in total. The predicted molar refractivity (Wildman–Crippen MR) is 108 cm³/mol. The van der Waals surface area contributed by atoms with Crippen molar-refractivity contribution in [2.24, 2.45) is 7.05 Å². The first-order chi connectivity index (χ1) is 13.8. The van der Waals surface area contributed by atoms with Crippen molar-refractivity contribution in [3.8, 4) is 5.75 Å². The molecule has 152 valence electrons. The molecular weight excluding hydrogens is 396 g/mol. The van der Waals surface area contributed by atoms with E-state index in [0.29, 0.717) is 35.9 Å². The third kappa shape index (κ3) is 3.23. The van der Waals surface area contributed by atoms with E-state index < -0.39 is 10.0 Å². The number of anilines is 2. The molecule has 4 rings (SSSR count). The fourth-order valence-electron chi connectivity index (χ4n) is 3.26. The Hall–Kier alpha value is -3.34. The zero-order valence-electron chi connectivity index (χ0n) is 16.2. The molecule has 0 atom stereocenters. The Bertz CT molecular complexity index is 1190. The minimum atomic E-state index is -3.94. The summed E-state index contributed by atoms with van der Waals surface area (Å²) in [6.45, 7) is 1.10. The number of hydrogen-bond donors (Lipinski definition) is 1. The van der Waals surface area contributed by atoms with E-state index in [2.05, 4.69) is 14.8 Å². The number of methoxy groups -OCH3 is 1. The highest BCUT2D eigenvalue weighted by atomic mass is 32.2. The number of carbonyl (C=O) groups is 1. The molecule has 1 aromatic carbocycles. The molecule has 1 saturated heterocycles. The molecule has 1 N–H and O–H groups in total. The number of fused-ring (bicyclic) bond motifs is 1. The molecule has 1 aliphatic rings. The van der Waals surface area contributed by atoms with Crippen LogP contribution in [0.2, 0.25) is 0 Å². The van der Waals surface area contributed by atoms with Crippen molar-refractivity contribution < 1.29 is 17.9 Å². The van der Waals surface area contributed by atoms with Crippen molar-refractivity contribution in [1.29, 1.82) is 0 Å². The molecule has 1 aliphatic heterocycles. The first-order valence-corrected chi connectivity index (χ1v) is 10.3. The smallest absolute Gasteiger partial charge is 0.325 e. The zero-order chi connectivity index (χ0) is 20.8. The fraction of sp³-hybridized carbons (Fsp3) is 0.278. The van der Waals surface area contributed by atoms with Crippen LogP contribution in [0.4, 0.5) is 16.3 Å². The normalized spacial score (nSPS) is 14.7. The van der Waals surface area contributed by atoms with Gasteiger partial charge in [0.2, 0.25) is 0 Å². The van der Waals surface area contributed by atoms with Crippen LogP contribution in [0.25, 0.3) is 10.9 Å². The summed E-state index contributed by atoms with van der Waals surface area (Å²) in [5, 5.41) is 4.95. The molecule has 0 spiro atoms. The average molecular weight is 416 g/mol. The van der Waals surface area contributed by atoms with Crippen molar-refractivity contribution in [2.45, 2.75) is 4.90 Å². The Kier molecular flexibility index (Phi) is 4.53. The summed E-state index contributed by atoms with van der Waals surface area (Å²) in [4.78, 5) is 19.3. The van der Waals surface area contributed by atoms with Gasteiger partial charge in [0.25, 0.3) is 10.0 Å². The fourth-order valence-corrected chi connectivity index (χ4v) is 4.28. The van der Waals surface area contributed by atoms with E-state index in [1.54, 1.807) is 42.0 Å². The highest BCUT2D eigenvalue weighted by Gasteiger charge is 2.28. The SMILES string of the molecule is COc1ccc2cnn(C)c2c1NS(=O)(=O)c1ccc(N2CCN(C)C2=O)nc1. The molecular formula is C18H20N6O4S. The van der Waals surface area contributed by atoms with Gasteiger partial charge in [-0.05, 0) is 24.3 Å². The monoisotopic (exact) mass is 416 g/mol. The van der Waals surface area contributed by atoms with E-state index in [-0.39, 0.29) is 10.9 Å². The van der Waals surface area contributed by atoms with Gasteiger partial charge in [0.05, 0.1) is 18.8 Å². The lowest BCUT2D eigenvalue weighted by Gasteiger charge is -2.16. The Morgan fingerprint density at radius 2 is 1.90 bits per heavy atom. The van der Waals surface area contributed by atoms with Gasteiger partial charge in [-0.2, -0.15) is 5.10 Å². The zero-order valence-corrected chi connectivity index (χ0v) is 17.0. The van der Waals surface area contributed by atoms with Gasteiger partial charge in [0, 0.05) is 38.8 Å². The van der Waals surface area contributed by atoms with Crippen molar-refractivity contribution in [3.63, 3.8) is 0 Å². The maximum atomic E-state index is 13.0. The van der Waals surface area contributed by atoms with E-state index in [0.717, 1.165) is 5.39 Å². The summed E-state index contributed by atoms with van der Waals surface area (Å²) in [5.74, 6) is 0.782. The highest BCUT2D eigenvalue weighted by molar-refractivity contribution is 7.92. The number of likely N-dealkylation sites (N-methyl/N-ethyl adjacent to an activating group) is 1. The van der Waals surface area contributed by atoms with Crippen LogP contribution in [0.5, 0.6) is 5.75 Å². The lowest BCUT2D eigenvalue weighted by molar-refractivity contribution is 0.229. The van der Waals surface area contributed by atoms with Crippen LogP contribution in [-0.2, 0) is 17.1 Å². The minimum Gasteiger partial charge on any atom is -0.494 e. The second kappa shape index (κ2) is 6.92. The largest absolute Gasteiger partial charge is 0.494 e. The highest BCUT2D eigenvalue weighted by Crippen LogP contribution is 2.34. The Balaban J connectivity index is 1.67. The summed E-state index contributed by atoms with van der Waals surface area (Å²) < 4.78 is 35.4. The molecule has 0 unspecified atom stereocenters. The van der Waals surface area contributed by atoms with Crippen LogP contribution < -0.4 is 14.4 Å². The van der Waals surface area contributed by atoms with Gasteiger partial charge >= 0.3 is 6.03 Å². The van der Waals surface area contributed by atoms with Gasteiger partial charge in [-0.3, -0.25) is 14.3 Å². The van der Waals surface area contributed by atoms with Crippen LogP contribution in [-0.4, -0.2) is 61.4 Å². The van der Waals surface area contributed by atoms with Crippen LogP contribution in [0.3, 0.4) is 0 Å². The van der Waals surface area contributed by atoms with Gasteiger partial charge in [-0.15, -0.1) is 0 Å². The summed E-state index contributed by atoms with van der Waals surface area (Å²) >= 11 is 0. The van der Waals surface area contributed by atoms with E-state index in [9.17, 15) is 13.2 Å². The van der Waals surface area contributed by atoms with Crippen LogP contribution in [0.15, 0.2) is 41.6 Å². The quantitative estimate of drug-likeness (QED) is 0.677. The predicted octanol–water partition coefficient (Wildman–Crippen LogP) is 1.65. The van der Waals surface area contributed by atoms with Gasteiger partial charge in [0.1, 0.15) is 22.2 Å². The van der Waals surface area contributed by atoms with E-state index in [4.69, 9.17) is 4.74 Å². The number of amides is 2. The molecule has 29 heavy (non-hydrogen) atoms. The molecule has 3 heterocycles. The van der Waals surface area contributed by atoms with Crippen molar-refractivity contribution in [3.05, 3.63) is 36.7 Å². The lowest BCUT2D eigenvalue weighted by Crippen LogP contribution is -2.29. The summed E-state index contributed by atoms with van der Waals surface area (Å²) in [6.07, 6.45) is 2.88. The number of sulfonamides is 1. The van der Waals surface area contributed by atoms with E-state index >= 15 is 0 Å². The number of ether oxygens (including phenoxy) is 1. The summed E-state index contributed by atoms with van der Waals surface area (Å²) in [5.41, 5.74) is 0.897. The van der Waals surface area contributed by atoms with E-state index in [1.165, 1.54) is 30.3 Å². The lowest BCUT2D eigenvalue weighted by atomic mass is 10.2. The van der Waals surface area contributed by atoms with Crippen LogP contribution >= 0.6 is 0 Å². The van der Waals surface area contributed by atoms with Crippen LogP contribution in [0, 0.1) is 0 Å². The summed E-state index contributed by atoms with van der Waals surface area (Å²) in [7, 11) is 0.952. The number of pyridine rings is 1. The number of nitrogens with one attached hydrogen (secondary N) is 1. The number of hydrogen-bond acceptors (Lipinski definition) is 6. The molecule has 1 fully saturated rings. The standard InChI is InChI=1S/C18H20N6O4S/c1-22-8-9-24(18(22)25)15-7-5-13(11-19-15)29(26,27)21-16-14(28-3)6-4-12-10-20-23(2)17(12)16/h4-7,10-11,21H,8-9H2,1-3H3. The van der Waals surface area contributed by atoms with Gasteiger partial charge in [-0.1, -0.05) is 0 Å². The maximum Gasteiger partial charge on any atom is 0.325 e. The number of nitrogens with zero attached hydrogens (tertiary/aromatic N) is 5. The first kappa shape index (κ1) is 19.0. The number of aryl methyl sites for hydroxylation is 1. The molecule has 11 heteroatoms. The average Bonchev–Trinajstić information content (AvgIpc) is 3.25. The van der Waals surface area contributed by atoms with E-state index in [1.807, 2.05) is 0 Å². The molecule has 2 amide bonds. The molecule has 2 aromatic heterocycles. The molecule has 0 bridgehead atoms. The van der Waals surface area contributed by atoms with Crippen molar-refractivity contribution in [2.75, 3.05) is 36.9 Å². The Morgan fingerprint density at radius 3 is 2.52 bits per heavy atom. The maximum absolute atomic E-state index is 13.0. The number of benzene rings is 1. The Labute approximate surface area is 167 Å². The minimum absolute atomic E-state index is 0.0255. The van der Waals surface area contributed by atoms with Gasteiger partial charge in [0.15, 0.2) is 0 Å². The second-order valence-electron chi connectivity index (χ2n) is 6.66. The van der Waals surface area contributed by atoms with Crippen molar-refractivity contribution >= 4 is 38.5 Å².